The third kappa shape index (κ3) is 4.57. The van der Waals surface area contributed by atoms with Crippen molar-refractivity contribution in [1.82, 2.24) is 19.5 Å². The lowest BCUT2D eigenvalue weighted by Gasteiger charge is -2.18. The Morgan fingerprint density at radius 2 is 1.90 bits per heavy atom. The molecular formula is C24H25N5OS. The summed E-state index contributed by atoms with van der Waals surface area (Å²) in [6.07, 6.45) is 5.70. The number of nitrogens with two attached hydrogens (primary N) is 1. The van der Waals surface area contributed by atoms with Crippen molar-refractivity contribution in [3.8, 4) is 22.3 Å². The average Bonchev–Trinajstić information content (AvgIpc) is 3.46. The van der Waals surface area contributed by atoms with Gasteiger partial charge in [0.1, 0.15) is 0 Å². The van der Waals surface area contributed by atoms with E-state index in [0.29, 0.717) is 12.1 Å². The number of aryl methyl sites for hydroxylation is 2. The molecule has 31 heavy (non-hydrogen) atoms. The third-order valence-electron chi connectivity index (χ3n) is 5.39. The molecule has 0 spiro atoms. The van der Waals surface area contributed by atoms with E-state index in [9.17, 15) is 4.79 Å². The van der Waals surface area contributed by atoms with Crippen LogP contribution in [0.1, 0.15) is 40.0 Å². The highest BCUT2D eigenvalue weighted by molar-refractivity contribution is 7.03. The van der Waals surface area contributed by atoms with Crippen LogP contribution < -0.4 is 11.1 Å². The molecule has 2 aromatic carbocycles. The van der Waals surface area contributed by atoms with Gasteiger partial charge in [0, 0.05) is 48.1 Å². The molecule has 0 bridgehead atoms. The van der Waals surface area contributed by atoms with E-state index in [0.717, 1.165) is 38.9 Å². The molecule has 7 heteroatoms. The number of rotatable bonds is 6. The Balaban J connectivity index is 1.68. The lowest BCUT2D eigenvalue weighted by Crippen LogP contribution is -2.27. The van der Waals surface area contributed by atoms with E-state index in [2.05, 4.69) is 33.0 Å². The zero-order valence-electron chi connectivity index (χ0n) is 17.8. The maximum Gasteiger partial charge on any atom is 0.252 e. The molecule has 3 N–H and O–H groups in total. The maximum absolute atomic E-state index is 13.0. The van der Waals surface area contributed by atoms with Gasteiger partial charge in [0.15, 0.2) is 0 Å². The Kier molecular flexibility index (Phi) is 5.97. The minimum absolute atomic E-state index is 0.106. The van der Waals surface area contributed by atoms with Crippen molar-refractivity contribution in [3.63, 3.8) is 0 Å². The SMILES string of the molecule is Cc1ccc(CN)cc1C(=O)NC(C)c1cc(-c2cnsc2)cc(-c2cnn(C)c2)c1. The first-order chi connectivity index (χ1) is 14.9. The van der Waals surface area contributed by atoms with Gasteiger partial charge in [-0.2, -0.15) is 5.10 Å². The Morgan fingerprint density at radius 3 is 2.55 bits per heavy atom. The van der Waals surface area contributed by atoms with Crippen molar-refractivity contribution in [2.24, 2.45) is 12.8 Å². The van der Waals surface area contributed by atoms with E-state index in [1.54, 1.807) is 4.68 Å². The molecular weight excluding hydrogens is 406 g/mol. The van der Waals surface area contributed by atoms with Gasteiger partial charge in [-0.25, -0.2) is 4.37 Å². The summed E-state index contributed by atoms with van der Waals surface area (Å²) in [6, 6.07) is 11.9. The number of hydrogen-bond donors (Lipinski definition) is 2. The monoisotopic (exact) mass is 431 g/mol. The van der Waals surface area contributed by atoms with Crippen LogP contribution in [0.15, 0.2) is 60.4 Å². The van der Waals surface area contributed by atoms with Gasteiger partial charge >= 0.3 is 0 Å². The number of aromatic nitrogens is 3. The molecule has 158 valence electrons. The number of benzene rings is 2. The standard InChI is InChI=1S/C24H25N5OS/c1-15-4-5-17(10-25)6-23(15)24(30)28-16(2)18-7-19(21-11-26-29(3)13-21)9-20(8-18)22-12-27-31-14-22/h4-9,11-14,16H,10,25H2,1-3H3,(H,28,30). The van der Waals surface area contributed by atoms with Crippen LogP contribution in [0.4, 0.5) is 0 Å². The van der Waals surface area contributed by atoms with Gasteiger partial charge in [-0.05, 0) is 77.5 Å². The molecule has 1 atom stereocenters. The molecule has 0 fully saturated rings. The van der Waals surface area contributed by atoms with Crippen molar-refractivity contribution in [2.45, 2.75) is 26.4 Å². The second-order valence-electron chi connectivity index (χ2n) is 7.71. The minimum Gasteiger partial charge on any atom is -0.346 e. The molecule has 1 unspecified atom stereocenters. The highest BCUT2D eigenvalue weighted by atomic mass is 32.1. The van der Waals surface area contributed by atoms with Crippen LogP contribution in [0.25, 0.3) is 22.3 Å². The summed E-state index contributed by atoms with van der Waals surface area (Å²) in [6.45, 7) is 4.34. The van der Waals surface area contributed by atoms with Crippen molar-refractivity contribution in [1.29, 1.82) is 0 Å². The lowest BCUT2D eigenvalue weighted by molar-refractivity contribution is 0.0939. The number of carbonyl (C=O) groups is 1. The molecule has 0 aliphatic carbocycles. The van der Waals surface area contributed by atoms with E-state index >= 15 is 0 Å². The van der Waals surface area contributed by atoms with Crippen LogP contribution in [0.5, 0.6) is 0 Å². The van der Waals surface area contributed by atoms with Gasteiger partial charge in [0.25, 0.3) is 5.91 Å². The predicted octanol–water partition coefficient (Wildman–Crippen LogP) is 4.47. The zero-order valence-corrected chi connectivity index (χ0v) is 18.6. The van der Waals surface area contributed by atoms with Crippen LogP contribution >= 0.6 is 11.5 Å². The molecule has 0 radical (unpaired) electrons. The molecule has 0 saturated carbocycles. The van der Waals surface area contributed by atoms with Gasteiger partial charge in [0.2, 0.25) is 0 Å². The van der Waals surface area contributed by atoms with Crippen LogP contribution in [0, 0.1) is 6.92 Å². The fraction of sp³-hybridized carbons (Fsp3) is 0.208. The van der Waals surface area contributed by atoms with Gasteiger partial charge in [0.05, 0.1) is 12.2 Å². The first-order valence-electron chi connectivity index (χ1n) is 10.1. The zero-order chi connectivity index (χ0) is 22.0. The number of nitrogens with one attached hydrogen (secondary N) is 1. The summed E-state index contributed by atoms with van der Waals surface area (Å²) in [7, 11) is 1.90. The summed E-state index contributed by atoms with van der Waals surface area (Å²) < 4.78 is 6.02. The number of amides is 1. The lowest BCUT2D eigenvalue weighted by atomic mass is 9.96. The summed E-state index contributed by atoms with van der Waals surface area (Å²) in [5, 5.41) is 9.47. The first kappa shape index (κ1) is 21.0. The molecule has 4 rings (SSSR count). The van der Waals surface area contributed by atoms with Crippen molar-refractivity contribution in [3.05, 3.63) is 82.6 Å². The highest BCUT2D eigenvalue weighted by Crippen LogP contribution is 2.31. The molecule has 2 heterocycles. The highest BCUT2D eigenvalue weighted by Gasteiger charge is 2.16. The summed E-state index contributed by atoms with van der Waals surface area (Å²) in [5.74, 6) is -0.106. The van der Waals surface area contributed by atoms with E-state index in [4.69, 9.17) is 5.73 Å². The maximum atomic E-state index is 13.0. The van der Waals surface area contributed by atoms with Gasteiger partial charge in [-0.15, -0.1) is 0 Å². The largest absolute Gasteiger partial charge is 0.346 e. The fourth-order valence-corrected chi connectivity index (χ4v) is 4.10. The Labute approximate surface area is 185 Å². The minimum atomic E-state index is -0.185. The average molecular weight is 432 g/mol. The molecule has 1 amide bonds. The molecule has 2 aromatic heterocycles. The van der Waals surface area contributed by atoms with Gasteiger partial charge in [-0.1, -0.05) is 12.1 Å². The van der Waals surface area contributed by atoms with Crippen molar-refractivity contribution < 1.29 is 4.79 Å². The predicted molar refractivity (Wildman–Crippen MR) is 125 cm³/mol. The molecule has 0 aliphatic rings. The quantitative estimate of drug-likeness (QED) is 0.472. The fourth-order valence-electron chi connectivity index (χ4n) is 3.55. The molecule has 0 saturated heterocycles. The number of hydrogen-bond acceptors (Lipinski definition) is 5. The van der Waals surface area contributed by atoms with Crippen LogP contribution in [0.2, 0.25) is 0 Å². The molecule has 0 aliphatic heterocycles. The van der Waals surface area contributed by atoms with E-state index < -0.39 is 0 Å². The Morgan fingerprint density at radius 1 is 1.13 bits per heavy atom. The van der Waals surface area contributed by atoms with Crippen LogP contribution in [-0.2, 0) is 13.6 Å². The van der Waals surface area contributed by atoms with E-state index in [-0.39, 0.29) is 11.9 Å². The van der Waals surface area contributed by atoms with Crippen LogP contribution in [-0.4, -0.2) is 20.1 Å². The van der Waals surface area contributed by atoms with Crippen LogP contribution in [0.3, 0.4) is 0 Å². The number of nitrogens with zero attached hydrogens (tertiary/aromatic N) is 3. The second-order valence-corrected chi connectivity index (χ2v) is 8.37. The molecule has 6 nitrogen and oxygen atoms in total. The van der Waals surface area contributed by atoms with Gasteiger partial charge in [-0.3, -0.25) is 9.48 Å². The second kappa shape index (κ2) is 8.83. The van der Waals surface area contributed by atoms with Gasteiger partial charge < -0.3 is 11.1 Å². The normalized spacial score (nSPS) is 12.0. The topological polar surface area (TPSA) is 85.8 Å². The smallest absolute Gasteiger partial charge is 0.252 e. The van der Waals surface area contributed by atoms with E-state index in [1.165, 1.54) is 11.5 Å². The summed E-state index contributed by atoms with van der Waals surface area (Å²) >= 11 is 1.42. The molecule has 4 aromatic rings. The van der Waals surface area contributed by atoms with Crippen molar-refractivity contribution in [2.75, 3.05) is 0 Å². The Bertz CT molecular complexity index is 1210. The summed E-state index contributed by atoms with van der Waals surface area (Å²) in [5.41, 5.74) is 13.5. The third-order valence-corrected chi connectivity index (χ3v) is 5.98. The van der Waals surface area contributed by atoms with Crippen molar-refractivity contribution >= 4 is 17.4 Å². The number of carbonyl (C=O) groups excluding carboxylic acids is 1. The first-order valence-corrected chi connectivity index (χ1v) is 10.9. The van der Waals surface area contributed by atoms with E-state index in [1.807, 2.05) is 63.1 Å². The summed E-state index contributed by atoms with van der Waals surface area (Å²) in [4.78, 5) is 13.0. The Hall–Kier alpha value is -3.29.